The van der Waals surface area contributed by atoms with Crippen LogP contribution in [0, 0.1) is 0 Å². The van der Waals surface area contributed by atoms with Gasteiger partial charge in [0.2, 0.25) is 12.1 Å². The minimum Gasteiger partial charge on any atom is -0.324 e. The summed E-state index contributed by atoms with van der Waals surface area (Å²) in [5.74, 6) is -4.28. The summed E-state index contributed by atoms with van der Waals surface area (Å²) in [6.45, 7) is 5.94. The number of hydrogen-bond acceptors (Lipinski definition) is 10. The van der Waals surface area contributed by atoms with E-state index in [9.17, 15) is 28.8 Å². The molecule has 0 heterocycles. The predicted octanol–water partition coefficient (Wildman–Crippen LogP) is 13.9. The lowest BCUT2D eigenvalue weighted by atomic mass is 10.0. The van der Waals surface area contributed by atoms with Crippen LogP contribution in [0.5, 0.6) is 0 Å². The first-order valence-corrected chi connectivity index (χ1v) is 22.4. The molecular weight excluding hydrogens is 1020 g/mol. The number of ketones is 2. The van der Waals surface area contributed by atoms with E-state index in [-0.39, 0.29) is 79.7 Å². The van der Waals surface area contributed by atoms with Crippen molar-refractivity contribution in [3.8, 4) is 0 Å². The van der Waals surface area contributed by atoms with E-state index >= 15 is 0 Å². The third-order valence-corrected chi connectivity index (χ3v) is 12.2. The molecule has 342 valence electrons. The lowest BCUT2D eigenvalue weighted by Gasteiger charge is -2.19. The number of aryl methyl sites for hydroxylation is 2. The number of benzene rings is 5. The standard InChI is InChI=1S/C44H34Cl8N8O6/c1-5-21-13-23(53-43(65)38(19(3)61)59-57-32-11-7-9-24(36(32)51)41(63)54-34-17-28(47)26(45)15-30(34)49)14-22(6-2)40(21)56-44(66)39(20(4)62)60-58-33-12-8-10-25(37(33)52)42(64)55-35-18-29(48)27(46)16-31(35)50/h7-18,38-39H,5-6H2,1-4H3,(H,53,65)(H,54,63)(H,55,64)(H,56,66). The first-order chi connectivity index (χ1) is 31.2. The maximum absolute atomic E-state index is 13.7. The molecule has 2 atom stereocenters. The molecule has 0 aromatic heterocycles. The highest BCUT2D eigenvalue weighted by molar-refractivity contribution is 6.45. The number of anilines is 4. The van der Waals surface area contributed by atoms with E-state index in [1.165, 1.54) is 60.7 Å². The molecular formula is C44H34Cl8N8O6. The maximum atomic E-state index is 13.7. The van der Waals surface area contributed by atoms with Crippen molar-refractivity contribution in [3.63, 3.8) is 0 Å². The monoisotopic (exact) mass is 1050 g/mol. The molecule has 0 spiro atoms. The van der Waals surface area contributed by atoms with Crippen LogP contribution in [-0.2, 0) is 32.0 Å². The van der Waals surface area contributed by atoms with Crippen molar-refractivity contribution in [3.05, 3.63) is 135 Å². The summed E-state index contributed by atoms with van der Waals surface area (Å²) in [6.07, 6.45) is 0.706. The van der Waals surface area contributed by atoms with Crippen molar-refractivity contribution in [2.45, 2.75) is 52.6 Å². The van der Waals surface area contributed by atoms with E-state index in [4.69, 9.17) is 92.8 Å². The van der Waals surface area contributed by atoms with Gasteiger partial charge in [0.25, 0.3) is 23.6 Å². The Morgan fingerprint density at radius 3 is 1.26 bits per heavy atom. The van der Waals surface area contributed by atoms with E-state index in [1.807, 2.05) is 13.8 Å². The van der Waals surface area contributed by atoms with Crippen molar-refractivity contribution in [2.24, 2.45) is 20.5 Å². The summed E-state index contributed by atoms with van der Waals surface area (Å²) in [4.78, 5) is 79.0. The number of carbonyl (C=O) groups is 6. The van der Waals surface area contributed by atoms with Crippen LogP contribution in [0.25, 0.3) is 0 Å². The second kappa shape index (κ2) is 23.0. The highest BCUT2D eigenvalue weighted by Gasteiger charge is 2.28. The average molecular weight is 1050 g/mol. The zero-order valence-corrected chi connectivity index (χ0v) is 40.8. The lowest BCUT2D eigenvalue weighted by molar-refractivity contribution is -0.127. The van der Waals surface area contributed by atoms with Crippen LogP contribution in [0.4, 0.5) is 34.1 Å². The summed E-state index contributed by atoms with van der Waals surface area (Å²) in [6, 6.07) is 14.1. The van der Waals surface area contributed by atoms with Gasteiger partial charge >= 0.3 is 0 Å². The summed E-state index contributed by atoms with van der Waals surface area (Å²) < 4.78 is 0. The number of Topliss-reactive ketones (excluding diaryl/α,β-unsaturated/α-hetero) is 2. The van der Waals surface area contributed by atoms with Crippen LogP contribution in [0.1, 0.15) is 59.5 Å². The van der Waals surface area contributed by atoms with Gasteiger partial charge < -0.3 is 21.3 Å². The van der Waals surface area contributed by atoms with Crippen LogP contribution >= 0.6 is 92.8 Å². The predicted molar refractivity (Wildman–Crippen MR) is 262 cm³/mol. The van der Waals surface area contributed by atoms with Gasteiger partial charge in [-0.25, -0.2) is 0 Å². The Morgan fingerprint density at radius 1 is 0.500 bits per heavy atom. The molecule has 0 aliphatic rings. The van der Waals surface area contributed by atoms with Crippen molar-refractivity contribution < 1.29 is 28.8 Å². The van der Waals surface area contributed by atoms with Gasteiger partial charge in [-0.05, 0) is 98.5 Å². The molecule has 0 radical (unpaired) electrons. The van der Waals surface area contributed by atoms with Crippen LogP contribution in [0.3, 0.4) is 0 Å². The van der Waals surface area contributed by atoms with Crippen LogP contribution < -0.4 is 21.3 Å². The van der Waals surface area contributed by atoms with Crippen LogP contribution in [-0.4, -0.2) is 47.3 Å². The second-order valence-corrected chi connectivity index (χ2v) is 17.2. The highest BCUT2D eigenvalue weighted by atomic mass is 35.5. The number of nitrogens with zero attached hydrogens (tertiary/aromatic N) is 4. The summed E-state index contributed by atoms with van der Waals surface area (Å²) in [5, 5.41) is 27.4. The molecule has 0 saturated heterocycles. The molecule has 0 saturated carbocycles. The van der Waals surface area contributed by atoms with Gasteiger partial charge in [-0.15, -0.1) is 0 Å². The molecule has 4 amide bonds. The van der Waals surface area contributed by atoms with Crippen molar-refractivity contribution in [1.29, 1.82) is 0 Å². The van der Waals surface area contributed by atoms with Gasteiger partial charge in [-0.3, -0.25) is 28.8 Å². The topological polar surface area (TPSA) is 200 Å². The Labute approximate surface area is 417 Å². The van der Waals surface area contributed by atoms with Gasteiger partial charge in [0.05, 0.1) is 62.7 Å². The maximum Gasteiger partial charge on any atom is 0.258 e. The van der Waals surface area contributed by atoms with Gasteiger partial charge in [0.15, 0.2) is 11.6 Å². The third-order valence-electron chi connectivity index (χ3n) is 9.37. The van der Waals surface area contributed by atoms with Crippen molar-refractivity contribution >= 4 is 162 Å². The highest BCUT2D eigenvalue weighted by Crippen LogP contribution is 2.37. The molecule has 0 aliphatic carbocycles. The number of carbonyl (C=O) groups excluding carboxylic acids is 6. The lowest BCUT2D eigenvalue weighted by Crippen LogP contribution is -2.33. The summed E-state index contributed by atoms with van der Waals surface area (Å²) in [7, 11) is 0. The Hall–Kier alpha value is -5.16. The number of rotatable bonds is 16. The van der Waals surface area contributed by atoms with E-state index in [0.717, 1.165) is 13.8 Å². The van der Waals surface area contributed by atoms with E-state index in [1.54, 1.807) is 12.1 Å². The molecule has 4 N–H and O–H groups in total. The second-order valence-electron chi connectivity index (χ2n) is 14.0. The molecule has 0 aliphatic heterocycles. The van der Waals surface area contributed by atoms with E-state index in [0.29, 0.717) is 29.7 Å². The summed E-state index contributed by atoms with van der Waals surface area (Å²) >= 11 is 49.6. The smallest absolute Gasteiger partial charge is 0.258 e. The van der Waals surface area contributed by atoms with Gasteiger partial charge in [-0.2, -0.15) is 20.5 Å². The van der Waals surface area contributed by atoms with Crippen molar-refractivity contribution in [1.82, 2.24) is 0 Å². The summed E-state index contributed by atoms with van der Waals surface area (Å²) in [5.41, 5.74) is 2.04. The molecule has 14 nitrogen and oxygen atoms in total. The van der Waals surface area contributed by atoms with Gasteiger partial charge in [0, 0.05) is 11.4 Å². The SMILES string of the molecule is CCc1cc(NC(=O)C(N=Nc2cccc(C(=O)Nc3cc(Cl)c(Cl)cc3Cl)c2Cl)C(C)=O)cc(CC)c1NC(=O)C(N=Nc1cccc(C(=O)Nc2cc(Cl)c(Cl)cc2Cl)c1Cl)C(C)=O. The van der Waals surface area contributed by atoms with Gasteiger partial charge in [-0.1, -0.05) is 119 Å². The fourth-order valence-electron chi connectivity index (χ4n) is 6.00. The molecule has 2 unspecified atom stereocenters. The molecule has 5 aromatic rings. The van der Waals surface area contributed by atoms with E-state index < -0.39 is 47.3 Å². The number of halogens is 8. The van der Waals surface area contributed by atoms with Gasteiger partial charge in [0.1, 0.15) is 11.4 Å². The fourth-order valence-corrected chi connectivity index (χ4v) is 7.68. The van der Waals surface area contributed by atoms with E-state index in [2.05, 4.69) is 41.7 Å². The molecule has 5 aromatic carbocycles. The number of amides is 4. The zero-order valence-electron chi connectivity index (χ0n) is 34.8. The third kappa shape index (κ3) is 12.6. The first kappa shape index (κ1) is 51.8. The zero-order chi connectivity index (χ0) is 48.6. The van der Waals surface area contributed by atoms with Crippen LogP contribution in [0.2, 0.25) is 40.2 Å². The molecule has 66 heavy (non-hydrogen) atoms. The Morgan fingerprint density at radius 2 is 0.879 bits per heavy atom. The minimum atomic E-state index is -1.63. The normalized spacial score (nSPS) is 12.2. The minimum absolute atomic E-state index is 0.0123. The van der Waals surface area contributed by atoms with Crippen LogP contribution in [0.15, 0.2) is 93.3 Å². The average Bonchev–Trinajstić information content (AvgIpc) is 3.25. The fraction of sp³-hybridized carbons (Fsp3) is 0.182. The number of nitrogens with one attached hydrogen (secondary N) is 4. The number of hydrogen-bond donors (Lipinski definition) is 4. The quantitative estimate of drug-likeness (QED) is 0.0430. The number of azo groups is 2. The molecule has 5 rings (SSSR count). The Bertz CT molecular complexity index is 2830. The largest absolute Gasteiger partial charge is 0.324 e. The molecule has 0 bridgehead atoms. The molecule has 0 fully saturated rings. The van der Waals surface area contributed by atoms with Crippen molar-refractivity contribution in [2.75, 3.05) is 21.3 Å². The molecule has 22 heteroatoms. The first-order valence-electron chi connectivity index (χ1n) is 19.3. The Kier molecular flexibility index (Phi) is 18.1. The Balaban J connectivity index is 1.32.